The average Bonchev–Trinajstić information content (AvgIpc) is 2.80. The maximum Gasteiger partial charge on any atom is 0.214 e. The molecular formula is C12H14N2O. The molecule has 2 rings (SSSR count). The molecule has 0 fully saturated rings. The summed E-state index contributed by atoms with van der Waals surface area (Å²) in [4.78, 5) is 4.00. The molecule has 0 saturated carbocycles. The molecule has 3 heteroatoms. The van der Waals surface area contributed by atoms with Gasteiger partial charge in [-0.15, -0.1) is 0 Å². The zero-order chi connectivity index (χ0) is 10.5. The van der Waals surface area contributed by atoms with E-state index in [1.165, 1.54) is 24.8 Å². The van der Waals surface area contributed by atoms with E-state index in [1.807, 2.05) is 12.1 Å². The molecule has 0 spiro atoms. The van der Waals surface area contributed by atoms with Gasteiger partial charge in [0, 0.05) is 5.56 Å². The highest BCUT2D eigenvalue weighted by Crippen LogP contribution is 2.15. The van der Waals surface area contributed by atoms with Gasteiger partial charge in [0.1, 0.15) is 0 Å². The fourth-order valence-electron chi connectivity index (χ4n) is 1.50. The van der Waals surface area contributed by atoms with Crippen LogP contribution in [0.5, 0.6) is 0 Å². The van der Waals surface area contributed by atoms with Crippen molar-refractivity contribution in [2.24, 2.45) is 0 Å². The summed E-state index contributed by atoms with van der Waals surface area (Å²) in [5.41, 5.74) is 2.37. The molecule has 2 aromatic rings. The van der Waals surface area contributed by atoms with Crippen LogP contribution in [0.25, 0.3) is 11.4 Å². The van der Waals surface area contributed by atoms with Crippen LogP contribution >= 0.6 is 0 Å². The van der Waals surface area contributed by atoms with Crippen molar-refractivity contribution in [2.75, 3.05) is 0 Å². The largest absolute Gasteiger partial charge is 0.342 e. The predicted octanol–water partition coefficient (Wildman–Crippen LogP) is 3.08. The maximum absolute atomic E-state index is 4.70. The molecule has 1 aromatic carbocycles. The lowest BCUT2D eigenvalue weighted by Gasteiger charge is -2.00. The molecule has 0 bridgehead atoms. The number of aromatic nitrogens is 2. The lowest BCUT2D eigenvalue weighted by Crippen LogP contribution is -1.85. The molecule has 0 aliphatic rings. The van der Waals surface area contributed by atoms with Gasteiger partial charge in [-0.25, -0.2) is 0 Å². The average molecular weight is 202 g/mol. The van der Waals surface area contributed by atoms with E-state index in [1.54, 1.807) is 0 Å². The SMILES string of the molecule is CCCCc1ccc(-c2ncon2)cc1. The molecule has 1 heterocycles. The van der Waals surface area contributed by atoms with E-state index in [9.17, 15) is 0 Å². The molecular weight excluding hydrogens is 188 g/mol. The van der Waals surface area contributed by atoms with Crippen LogP contribution in [0, 0.1) is 0 Å². The summed E-state index contributed by atoms with van der Waals surface area (Å²) in [6.07, 6.45) is 4.96. The smallest absolute Gasteiger partial charge is 0.214 e. The number of rotatable bonds is 4. The van der Waals surface area contributed by atoms with Crippen molar-refractivity contribution in [3.05, 3.63) is 36.2 Å². The lowest BCUT2D eigenvalue weighted by atomic mass is 10.1. The number of nitrogens with zero attached hydrogens (tertiary/aromatic N) is 2. The van der Waals surface area contributed by atoms with Gasteiger partial charge in [-0.2, -0.15) is 4.98 Å². The van der Waals surface area contributed by atoms with Crippen LogP contribution in [0.1, 0.15) is 25.3 Å². The molecule has 0 N–H and O–H groups in total. The number of aryl methyl sites for hydroxylation is 1. The van der Waals surface area contributed by atoms with Gasteiger partial charge in [-0.3, -0.25) is 0 Å². The Balaban J connectivity index is 2.11. The molecule has 0 saturated heterocycles. The number of unbranched alkanes of at least 4 members (excludes halogenated alkanes) is 1. The molecule has 0 radical (unpaired) electrons. The van der Waals surface area contributed by atoms with Gasteiger partial charge in [0.15, 0.2) is 0 Å². The highest BCUT2D eigenvalue weighted by atomic mass is 16.5. The highest BCUT2D eigenvalue weighted by Gasteiger charge is 2.01. The highest BCUT2D eigenvalue weighted by molar-refractivity contribution is 5.54. The minimum absolute atomic E-state index is 0.650. The second-order valence-electron chi connectivity index (χ2n) is 3.56. The van der Waals surface area contributed by atoms with E-state index >= 15 is 0 Å². The topological polar surface area (TPSA) is 38.9 Å². The fraction of sp³-hybridized carbons (Fsp3) is 0.333. The molecule has 0 aliphatic heterocycles. The Kier molecular flexibility index (Phi) is 3.12. The maximum atomic E-state index is 4.70. The third-order valence-electron chi connectivity index (χ3n) is 2.39. The fourth-order valence-corrected chi connectivity index (χ4v) is 1.50. The van der Waals surface area contributed by atoms with E-state index < -0.39 is 0 Å². The Hall–Kier alpha value is -1.64. The van der Waals surface area contributed by atoms with Gasteiger partial charge in [-0.1, -0.05) is 42.8 Å². The third-order valence-corrected chi connectivity index (χ3v) is 2.39. The van der Waals surface area contributed by atoms with E-state index in [-0.39, 0.29) is 0 Å². The van der Waals surface area contributed by atoms with Crippen LogP contribution in [-0.4, -0.2) is 10.1 Å². The quantitative estimate of drug-likeness (QED) is 0.764. The molecule has 0 amide bonds. The minimum atomic E-state index is 0.650. The van der Waals surface area contributed by atoms with Crippen LogP contribution in [0.2, 0.25) is 0 Å². The first-order valence-electron chi connectivity index (χ1n) is 5.26. The predicted molar refractivity (Wildman–Crippen MR) is 58.3 cm³/mol. The van der Waals surface area contributed by atoms with Crippen LogP contribution in [-0.2, 0) is 6.42 Å². The lowest BCUT2D eigenvalue weighted by molar-refractivity contribution is 0.419. The summed E-state index contributed by atoms with van der Waals surface area (Å²) in [5.74, 6) is 0.650. The molecule has 3 nitrogen and oxygen atoms in total. The van der Waals surface area contributed by atoms with Crippen molar-refractivity contribution in [3.63, 3.8) is 0 Å². The van der Waals surface area contributed by atoms with Crippen molar-refractivity contribution < 1.29 is 4.52 Å². The first-order valence-corrected chi connectivity index (χ1v) is 5.26. The Bertz CT molecular complexity index is 392. The first kappa shape index (κ1) is 9.90. The minimum Gasteiger partial charge on any atom is -0.342 e. The van der Waals surface area contributed by atoms with Crippen molar-refractivity contribution in [1.82, 2.24) is 10.1 Å². The Morgan fingerprint density at radius 1 is 1.20 bits per heavy atom. The first-order chi connectivity index (χ1) is 7.40. The van der Waals surface area contributed by atoms with Gasteiger partial charge in [0.2, 0.25) is 12.2 Å². The van der Waals surface area contributed by atoms with E-state index in [0.717, 1.165) is 12.0 Å². The molecule has 1 aromatic heterocycles. The second kappa shape index (κ2) is 4.73. The Morgan fingerprint density at radius 2 is 2.00 bits per heavy atom. The van der Waals surface area contributed by atoms with Gasteiger partial charge in [-0.05, 0) is 18.4 Å². The normalized spacial score (nSPS) is 10.5. The standard InChI is InChI=1S/C12H14N2O/c1-2-3-4-10-5-7-11(8-6-10)12-13-9-15-14-12/h5-9H,2-4H2,1H3. The molecule has 15 heavy (non-hydrogen) atoms. The van der Waals surface area contributed by atoms with Crippen LogP contribution in [0.3, 0.4) is 0 Å². The van der Waals surface area contributed by atoms with Gasteiger partial charge in [0.25, 0.3) is 0 Å². The van der Waals surface area contributed by atoms with E-state index in [4.69, 9.17) is 4.52 Å². The zero-order valence-electron chi connectivity index (χ0n) is 8.81. The van der Waals surface area contributed by atoms with Gasteiger partial charge < -0.3 is 4.52 Å². The monoisotopic (exact) mass is 202 g/mol. The summed E-state index contributed by atoms with van der Waals surface area (Å²) in [6, 6.07) is 8.33. The number of benzene rings is 1. The summed E-state index contributed by atoms with van der Waals surface area (Å²) in [5, 5.41) is 3.79. The zero-order valence-corrected chi connectivity index (χ0v) is 8.81. The third kappa shape index (κ3) is 2.43. The summed E-state index contributed by atoms with van der Waals surface area (Å²) in [6.45, 7) is 2.20. The molecule has 0 atom stereocenters. The number of hydrogen-bond donors (Lipinski definition) is 0. The van der Waals surface area contributed by atoms with Gasteiger partial charge >= 0.3 is 0 Å². The van der Waals surface area contributed by atoms with Gasteiger partial charge in [0.05, 0.1) is 0 Å². The van der Waals surface area contributed by atoms with Crippen molar-refractivity contribution in [1.29, 1.82) is 0 Å². The van der Waals surface area contributed by atoms with Crippen molar-refractivity contribution in [2.45, 2.75) is 26.2 Å². The van der Waals surface area contributed by atoms with Crippen LogP contribution < -0.4 is 0 Å². The van der Waals surface area contributed by atoms with Crippen molar-refractivity contribution in [3.8, 4) is 11.4 Å². The van der Waals surface area contributed by atoms with E-state index in [2.05, 4.69) is 29.2 Å². The van der Waals surface area contributed by atoms with Crippen molar-refractivity contribution >= 4 is 0 Å². The Morgan fingerprint density at radius 3 is 2.60 bits per heavy atom. The summed E-state index contributed by atoms with van der Waals surface area (Å²) < 4.78 is 4.70. The van der Waals surface area contributed by atoms with Crippen LogP contribution in [0.4, 0.5) is 0 Å². The summed E-state index contributed by atoms with van der Waals surface area (Å²) >= 11 is 0. The van der Waals surface area contributed by atoms with E-state index in [0.29, 0.717) is 5.82 Å². The molecule has 78 valence electrons. The summed E-state index contributed by atoms with van der Waals surface area (Å²) in [7, 11) is 0. The molecule has 0 aliphatic carbocycles. The molecule has 0 unspecified atom stereocenters. The number of hydrogen-bond acceptors (Lipinski definition) is 3. The van der Waals surface area contributed by atoms with Crippen LogP contribution in [0.15, 0.2) is 35.2 Å². The second-order valence-corrected chi connectivity index (χ2v) is 3.56. The Labute approximate surface area is 89.1 Å².